The lowest BCUT2D eigenvalue weighted by Crippen LogP contribution is -2.17. The van der Waals surface area contributed by atoms with E-state index in [1.807, 2.05) is 17.8 Å². The van der Waals surface area contributed by atoms with Gasteiger partial charge in [0.25, 0.3) is 0 Å². The first-order chi connectivity index (χ1) is 10.9. The molecule has 0 radical (unpaired) electrons. The number of tetrazole rings is 1. The van der Waals surface area contributed by atoms with Gasteiger partial charge in [-0.1, -0.05) is 32.5 Å². The molecule has 2 aromatic heterocycles. The van der Waals surface area contributed by atoms with Gasteiger partial charge in [0.1, 0.15) is 5.76 Å². The van der Waals surface area contributed by atoms with Crippen molar-refractivity contribution in [1.82, 2.24) is 25.2 Å². The molecule has 1 aliphatic rings. The second-order valence-corrected chi connectivity index (χ2v) is 8.16. The van der Waals surface area contributed by atoms with Crippen LogP contribution in [0.3, 0.4) is 0 Å². The van der Waals surface area contributed by atoms with Gasteiger partial charge >= 0.3 is 0 Å². The first-order valence-electron chi connectivity index (χ1n) is 7.94. The summed E-state index contributed by atoms with van der Waals surface area (Å²) < 4.78 is 13.4. The summed E-state index contributed by atoms with van der Waals surface area (Å²) in [6.45, 7) is 9.90. The predicted octanol–water partition coefficient (Wildman–Crippen LogP) is 2.99. The molecule has 0 amide bonds. The fourth-order valence-corrected chi connectivity index (χ4v) is 3.25. The third-order valence-corrected chi connectivity index (χ3v) is 4.85. The first kappa shape index (κ1) is 16.4. The van der Waals surface area contributed by atoms with E-state index in [2.05, 4.69) is 41.3 Å². The van der Waals surface area contributed by atoms with Gasteiger partial charge in [-0.3, -0.25) is 0 Å². The molecule has 0 saturated carbocycles. The number of thioether (sulfide) groups is 1. The van der Waals surface area contributed by atoms with Crippen molar-refractivity contribution in [2.45, 2.75) is 69.0 Å². The smallest absolute Gasteiger partial charge is 0.210 e. The summed E-state index contributed by atoms with van der Waals surface area (Å²) in [4.78, 5) is 4.41. The van der Waals surface area contributed by atoms with Crippen LogP contribution in [0.25, 0.3) is 0 Å². The normalized spacial score (nSPS) is 20.1. The highest BCUT2D eigenvalue weighted by atomic mass is 32.2. The second-order valence-electron chi connectivity index (χ2n) is 6.85. The van der Waals surface area contributed by atoms with Crippen LogP contribution in [0.1, 0.15) is 57.4 Å². The average Bonchev–Trinajstić information content (AvgIpc) is 3.20. The lowest BCUT2D eigenvalue weighted by Gasteiger charge is -2.14. The van der Waals surface area contributed by atoms with Crippen LogP contribution in [0.15, 0.2) is 15.8 Å². The molecule has 23 heavy (non-hydrogen) atoms. The lowest BCUT2D eigenvalue weighted by atomic mass is 9.94. The summed E-state index contributed by atoms with van der Waals surface area (Å²) in [5, 5.41) is 12.8. The van der Waals surface area contributed by atoms with Crippen LogP contribution in [0.2, 0.25) is 0 Å². The Bertz CT molecular complexity index is 642. The van der Waals surface area contributed by atoms with E-state index >= 15 is 0 Å². The molecule has 3 rings (SSSR count). The number of nitrogens with zero attached hydrogens (tertiary/aromatic N) is 5. The molecule has 126 valence electrons. The zero-order chi connectivity index (χ0) is 16.4. The minimum Gasteiger partial charge on any atom is -0.444 e. The van der Waals surface area contributed by atoms with E-state index < -0.39 is 0 Å². The molecular weight excluding hydrogens is 314 g/mol. The molecule has 0 spiro atoms. The van der Waals surface area contributed by atoms with Gasteiger partial charge in [-0.15, -0.1) is 5.10 Å². The maximum absolute atomic E-state index is 5.90. The summed E-state index contributed by atoms with van der Waals surface area (Å²) in [6, 6.07) is 0. The topological polar surface area (TPSA) is 78.9 Å². The van der Waals surface area contributed by atoms with E-state index in [0.29, 0.717) is 12.4 Å². The maximum atomic E-state index is 5.90. The SMILES string of the molecule is C[C@H](Sc1nnnn1C[C@@H]1CCCO1)c1ncc(C(C)(C)C)o1. The van der Waals surface area contributed by atoms with Gasteiger partial charge in [0.05, 0.1) is 24.1 Å². The molecule has 1 saturated heterocycles. The van der Waals surface area contributed by atoms with Gasteiger partial charge in [-0.2, -0.15) is 0 Å². The molecule has 1 fully saturated rings. The van der Waals surface area contributed by atoms with Gasteiger partial charge in [0.2, 0.25) is 11.0 Å². The molecule has 2 atom stereocenters. The van der Waals surface area contributed by atoms with E-state index in [1.54, 1.807) is 11.8 Å². The zero-order valence-corrected chi connectivity index (χ0v) is 14.8. The molecular formula is C15H23N5O2S. The molecule has 1 aliphatic heterocycles. The van der Waals surface area contributed by atoms with Gasteiger partial charge in [-0.05, 0) is 30.2 Å². The van der Waals surface area contributed by atoms with Gasteiger partial charge < -0.3 is 9.15 Å². The zero-order valence-electron chi connectivity index (χ0n) is 14.0. The monoisotopic (exact) mass is 337 g/mol. The Kier molecular flexibility index (Phi) is 4.72. The van der Waals surface area contributed by atoms with Gasteiger partial charge in [-0.25, -0.2) is 9.67 Å². The van der Waals surface area contributed by atoms with Crippen LogP contribution < -0.4 is 0 Å². The van der Waals surface area contributed by atoms with Crippen molar-refractivity contribution in [3.8, 4) is 0 Å². The summed E-state index contributed by atoms with van der Waals surface area (Å²) in [5.41, 5.74) is -0.0446. The number of ether oxygens (including phenoxy) is 1. The number of hydrogen-bond acceptors (Lipinski definition) is 7. The molecule has 0 bridgehead atoms. The highest BCUT2D eigenvalue weighted by molar-refractivity contribution is 7.99. The quantitative estimate of drug-likeness (QED) is 0.776. The summed E-state index contributed by atoms with van der Waals surface area (Å²) in [5.74, 6) is 1.59. The third-order valence-electron chi connectivity index (χ3n) is 3.79. The van der Waals surface area contributed by atoms with E-state index in [9.17, 15) is 0 Å². The Morgan fingerprint density at radius 3 is 2.91 bits per heavy atom. The Balaban J connectivity index is 1.67. The molecule has 0 unspecified atom stereocenters. The predicted molar refractivity (Wildman–Crippen MR) is 86.3 cm³/mol. The molecule has 0 aromatic carbocycles. The number of aromatic nitrogens is 5. The molecule has 3 heterocycles. The average molecular weight is 337 g/mol. The van der Waals surface area contributed by atoms with E-state index in [0.717, 1.165) is 30.4 Å². The van der Waals surface area contributed by atoms with E-state index in [-0.39, 0.29) is 16.8 Å². The summed E-state index contributed by atoms with van der Waals surface area (Å²) in [7, 11) is 0. The van der Waals surface area contributed by atoms with Crippen LogP contribution in [0, 0.1) is 0 Å². The molecule has 7 nitrogen and oxygen atoms in total. The van der Waals surface area contributed by atoms with Crippen molar-refractivity contribution in [3.05, 3.63) is 17.8 Å². The Morgan fingerprint density at radius 2 is 2.26 bits per heavy atom. The van der Waals surface area contributed by atoms with Crippen molar-refractivity contribution in [3.63, 3.8) is 0 Å². The van der Waals surface area contributed by atoms with Gasteiger partial charge in [0, 0.05) is 12.0 Å². The third kappa shape index (κ3) is 3.92. The number of oxazole rings is 1. The Labute approximate surface area is 140 Å². The van der Waals surface area contributed by atoms with Crippen molar-refractivity contribution >= 4 is 11.8 Å². The minimum atomic E-state index is -0.0446. The molecule has 0 N–H and O–H groups in total. The van der Waals surface area contributed by atoms with Crippen LogP contribution in [-0.4, -0.2) is 37.9 Å². The molecule has 0 aliphatic carbocycles. The van der Waals surface area contributed by atoms with E-state index in [4.69, 9.17) is 9.15 Å². The van der Waals surface area contributed by atoms with Crippen molar-refractivity contribution in [2.75, 3.05) is 6.61 Å². The summed E-state index contributed by atoms with van der Waals surface area (Å²) >= 11 is 1.55. The van der Waals surface area contributed by atoms with Crippen molar-refractivity contribution < 1.29 is 9.15 Å². The standard InChI is InChI=1S/C15H23N5O2S/c1-10(13-16-8-12(22-13)15(2,3)4)23-14-17-18-19-20(14)9-11-6-5-7-21-11/h8,10-11H,5-7,9H2,1-4H3/t10-,11-/m0/s1. The van der Waals surface area contributed by atoms with Gasteiger partial charge in [0.15, 0.2) is 0 Å². The summed E-state index contributed by atoms with van der Waals surface area (Å²) in [6.07, 6.45) is 4.19. The number of rotatable bonds is 5. The second kappa shape index (κ2) is 6.60. The highest BCUT2D eigenvalue weighted by Gasteiger charge is 2.24. The highest BCUT2D eigenvalue weighted by Crippen LogP contribution is 2.35. The van der Waals surface area contributed by atoms with E-state index in [1.165, 1.54) is 0 Å². The van der Waals surface area contributed by atoms with Crippen molar-refractivity contribution in [1.29, 1.82) is 0 Å². The fraction of sp³-hybridized carbons (Fsp3) is 0.733. The van der Waals surface area contributed by atoms with Crippen LogP contribution >= 0.6 is 11.8 Å². The van der Waals surface area contributed by atoms with Crippen LogP contribution in [0.5, 0.6) is 0 Å². The van der Waals surface area contributed by atoms with Crippen LogP contribution in [-0.2, 0) is 16.7 Å². The molecule has 2 aromatic rings. The molecule has 8 heteroatoms. The van der Waals surface area contributed by atoms with Crippen LogP contribution in [0.4, 0.5) is 0 Å². The lowest BCUT2D eigenvalue weighted by molar-refractivity contribution is 0.0911. The largest absolute Gasteiger partial charge is 0.444 e. The minimum absolute atomic E-state index is 0.0420. The Morgan fingerprint density at radius 1 is 1.43 bits per heavy atom. The number of hydrogen-bond donors (Lipinski definition) is 0. The first-order valence-corrected chi connectivity index (χ1v) is 8.82. The van der Waals surface area contributed by atoms with Crippen molar-refractivity contribution in [2.24, 2.45) is 0 Å². The Hall–Kier alpha value is -1.41. The fourth-order valence-electron chi connectivity index (χ4n) is 2.41. The maximum Gasteiger partial charge on any atom is 0.210 e.